The van der Waals surface area contributed by atoms with Gasteiger partial charge in [0.05, 0.1) is 9.39 Å². The third-order valence-electron chi connectivity index (χ3n) is 2.94. The molecule has 0 aliphatic heterocycles. The molecule has 0 aromatic carbocycles. The fourth-order valence-electron chi connectivity index (χ4n) is 1.95. The number of sulfonamides is 1. The smallest absolute Gasteiger partial charge is 0.250 e. The molecule has 0 spiro atoms. The number of hydrogen-bond acceptors (Lipinski definition) is 4. The molecule has 1 fully saturated rings. The summed E-state index contributed by atoms with van der Waals surface area (Å²) in [7, 11) is -3.49. The zero-order valence-electron chi connectivity index (χ0n) is 9.15. The maximum atomic E-state index is 11.9. The average molecular weight is 340 g/mol. The van der Waals surface area contributed by atoms with Gasteiger partial charge in [0.2, 0.25) is 10.0 Å². The van der Waals surface area contributed by atoms with Crippen LogP contribution in [0.3, 0.4) is 0 Å². The lowest BCUT2D eigenvalue weighted by atomic mass is 10.0. The third-order valence-corrected chi connectivity index (χ3v) is 6.46. The van der Waals surface area contributed by atoms with Gasteiger partial charge in [-0.2, -0.15) is 0 Å². The van der Waals surface area contributed by atoms with E-state index in [2.05, 4.69) is 20.7 Å². The minimum atomic E-state index is -3.49. The van der Waals surface area contributed by atoms with Crippen molar-refractivity contribution in [1.29, 1.82) is 0 Å². The molecule has 0 atom stereocenters. The minimum absolute atomic E-state index is 0.102. The monoisotopic (exact) mass is 339 g/mol. The average Bonchev–Trinajstić information content (AvgIpc) is 2.86. The minimum Gasteiger partial charge on any atom is -0.389 e. The summed E-state index contributed by atoms with van der Waals surface area (Å²) in [4.78, 5) is 0. The molecular weight excluding hydrogens is 326 g/mol. The zero-order valence-corrected chi connectivity index (χ0v) is 12.4. The van der Waals surface area contributed by atoms with E-state index in [4.69, 9.17) is 0 Å². The highest BCUT2D eigenvalue weighted by Crippen LogP contribution is 2.30. The first kappa shape index (κ1) is 13.5. The van der Waals surface area contributed by atoms with Gasteiger partial charge in [0.1, 0.15) is 4.21 Å². The Kier molecular flexibility index (Phi) is 3.94. The van der Waals surface area contributed by atoms with Crippen LogP contribution in [0.4, 0.5) is 0 Å². The van der Waals surface area contributed by atoms with E-state index in [1.165, 1.54) is 0 Å². The predicted octanol–water partition coefficient (Wildman–Crippen LogP) is 2.09. The van der Waals surface area contributed by atoms with Gasteiger partial charge in [-0.15, -0.1) is 11.3 Å². The van der Waals surface area contributed by atoms with Crippen molar-refractivity contribution in [1.82, 2.24) is 4.72 Å². The molecule has 2 N–H and O–H groups in total. The summed E-state index contributed by atoms with van der Waals surface area (Å²) in [6.07, 6.45) is 3.26. The summed E-state index contributed by atoms with van der Waals surface area (Å²) in [6.45, 7) is 0.102. The number of aliphatic hydroxyl groups is 1. The van der Waals surface area contributed by atoms with Crippen LogP contribution in [0.1, 0.15) is 25.7 Å². The Labute approximate surface area is 113 Å². The Morgan fingerprint density at radius 2 is 2.06 bits per heavy atom. The molecule has 1 aliphatic rings. The number of hydrogen-bond donors (Lipinski definition) is 2. The van der Waals surface area contributed by atoms with Gasteiger partial charge in [0.25, 0.3) is 0 Å². The standard InChI is InChI=1S/C10H14BrNO3S2/c11-8-3-4-9(16-8)17(14,15)12-7-10(13)5-1-2-6-10/h3-4,12-13H,1-2,5-7H2. The van der Waals surface area contributed by atoms with Crippen LogP contribution in [0.2, 0.25) is 0 Å². The molecule has 1 aromatic heterocycles. The number of rotatable bonds is 4. The molecule has 2 rings (SSSR count). The molecule has 0 amide bonds. The number of halogens is 1. The molecule has 1 saturated carbocycles. The van der Waals surface area contributed by atoms with Crippen molar-refractivity contribution < 1.29 is 13.5 Å². The Morgan fingerprint density at radius 3 is 2.59 bits per heavy atom. The molecule has 4 nitrogen and oxygen atoms in total. The lowest BCUT2D eigenvalue weighted by Crippen LogP contribution is -2.40. The molecule has 17 heavy (non-hydrogen) atoms. The number of thiophene rings is 1. The van der Waals surface area contributed by atoms with E-state index in [1.54, 1.807) is 12.1 Å². The second kappa shape index (κ2) is 4.97. The van der Waals surface area contributed by atoms with E-state index in [9.17, 15) is 13.5 Å². The Hall–Kier alpha value is 0.0500. The molecule has 1 heterocycles. The van der Waals surface area contributed by atoms with Gasteiger partial charge < -0.3 is 5.11 Å². The molecule has 0 radical (unpaired) electrons. The van der Waals surface area contributed by atoms with E-state index < -0.39 is 15.6 Å². The van der Waals surface area contributed by atoms with E-state index >= 15 is 0 Å². The summed E-state index contributed by atoms with van der Waals surface area (Å²) < 4.78 is 27.4. The summed E-state index contributed by atoms with van der Waals surface area (Å²) in [6, 6.07) is 3.25. The first-order valence-corrected chi connectivity index (χ1v) is 8.48. The lowest BCUT2D eigenvalue weighted by molar-refractivity contribution is 0.0532. The van der Waals surface area contributed by atoms with E-state index in [0.29, 0.717) is 12.8 Å². The Bertz CT molecular complexity index is 491. The zero-order chi connectivity index (χ0) is 12.5. The fourth-order valence-corrected chi connectivity index (χ4v) is 5.13. The van der Waals surface area contributed by atoms with Crippen LogP contribution in [-0.2, 0) is 10.0 Å². The van der Waals surface area contributed by atoms with Crippen molar-refractivity contribution in [3.05, 3.63) is 15.9 Å². The van der Waals surface area contributed by atoms with Crippen LogP contribution in [-0.4, -0.2) is 25.7 Å². The maximum Gasteiger partial charge on any atom is 0.250 e. The Balaban J connectivity index is 2.03. The van der Waals surface area contributed by atoms with E-state index in [1.807, 2.05) is 0 Å². The van der Waals surface area contributed by atoms with Gasteiger partial charge in [-0.3, -0.25) is 0 Å². The molecule has 0 bridgehead atoms. The van der Waals surface area contributed by atoms with Gasteiger partial charge in [0, 0.05) is 6.54 Å². The second-order valence-electron chi connectivity index (χ2n) is 4.31. The summed E-state index contributed by atoms with van der Waals surface area (Å²) in [5.41, 5.74) is -0.860. The molecule has 7 heteroatoms. The molecular formula is C10H14BrNO3S2. The van der Waals surface area contributed by atoms with Gasteiger partial charge >= 0.3 is 0 Å². The van der Waals surface area contributed by atoms with Gasteiger partial charge in [-0.1, -0.05) is 12.8 Å². The predicted molar refractivity (Wildman–Crippen MR) is 70.6 cm³/mol. The third kappa shape index (κ3) is 3.29. The second-order valence-corrected chi connectivity index (χ2v) is 8.77. The largest absolute Gasteiger partial charge is 0.389 e. The van der Waals surface area contributed by atoms with Crippen LogP contribution >= 0.6 is 27.3 Å². The normalized spacial score (nSPS) is 19.6. The molecule has 1 aromatic rings. The topological polar surface area (TPSA) is 66.4 Å². The number of nitrogens with one attached hydrogen (secondary N) is 1. The van der Waals surface area contributed by atoms with Crippen molar-refractivity contribution >= 4 is 37.3 Å². The van der Waals surface area contributed by atoms with E-state index in [-0.39, 0.29) is 10.8 Å². The van der Waals surface area contributed by atoms with Crippen LogP contribution in [0.15, 0.2) is 20.1 Å². The van der Waals surface area contributed by atoms with Gasteiger partial charge in [-0.25, -0.2) is 13.1 Å². The van der Waals surface area contributed by atoms with Crippen molar-refractivity contribution in [2.24, 2.45) is 0 Å². The fraction of sp³-hybridized carbons (Fsp3) is 0.600. The highest BCUT2D eigenvalue weighted by Gasteiger charge is 2.32. The van der Waals surface area contributed by atoms with Crippen molar-refractivity contribution in [2.45, 2.75) is 35.5 Å². The first-order valence-electron chi connectivity index (χ1n) is 5.39. The molecule has 96 valence electrons. The highest BCUT2D eigenvalue weighted by molar-refractivity contribution is 9.11. The highest BCUT2D eigenvalue weighted by atomic mass is 79.9. The van der Waals surface area contributed by atoms with E-state index in [0.717, 1.165) is 28.0 Å². The maximum absolute atomic E-state index is 11.9. The summed E-state index contributed by atoms with van der Waals surface area (Å²) >= 11 is 4.39. The quantitative estimate of drug-likeness (QED) is 0.882. The van der Waals surface area contributed by atoms with Crippen molar-refractivity contribution in [3.8, 4) is 0 Å². The SMILES string of the molecule is O=S(=O)(NCC1(O)CCCC1)c1ccc(Br)s1. The molecule has 1 aliphatic carbocycles. The summed E-state index contributed by atoms with van der Waals surface area (Å²) in [5.74, 6) is 0. The first-order chi connectivity index (χ1) is 7.91. The van der Waals surface area contributed by atoms with Crippen LogP contribution in [0, 0.1) is 0 Å². The van der Waals surface area contributed by atoms with Crippen LogP contribution < -0.4 is 4.72 Å². The summed E-state index contributed by atoms with van der Waals surface area (Å²) in [5, 5.41) is 10.1. The van der Waals surface area contributed by atoms with Crippen LogP contribution in [0.5, 0.6) is 0 Å². The van der Waals surface area contributed by atoms with Crippen molar-refractivity contribution in [3.63, 3.8) is 0 Å². The lowest BCUT2D eigenvalue weighted by Gasteiger charge is -2.21. The van der Waals surface area contributed by atoms with Gasteiger partial charge in [0.15, 0.2) is 0 Å². The van der Waals surface area contributed by atoms with Crippen LogP contribution in [0.25, 0.3) is 0 Å². The molecule has 0 saturated heterocycles. The molecule has 0 unspecified atom stereocenters. The Morgan fingerprint density at radius 1 is 1.41 bits per heavy atom. The van der Waals surface area contributed by atoms with Crippen molar-refractivity contribution in [2.75, 3.05) is 6.54 Å². The van der Waals surface area contributed by atoms with Gasteiger partial charge in [-0.05, 0) is 40.9 Å².